The van der Waals surface area contributed by atoms with E-state index >= 15 is 0 Å². The SMILES string of the molecule is Oc1cc(O)c2c(c1)O[C@H](c1ccc(O)c(O)c1)C(O)[C@H]2c1c(O)cc2c(c1O)CO[C@H](c1ccc(O)c(O)c1)[C@H]2O. The number of hydrogen-bond acceptors (Lipinski definition) is 12. The van der Waals surface area contributed by atoms with Crippen molar-refractivity contribution in [3.05, 3.63) is 88.0 Å². The molecular formula is C30H26O12. The molecule has 0 fully saturated rings. The molecule has 0 saturated carbocycles. The maximum Gasteiger partial charge on any atom is 0.157 e. The number of aliphatic hydroxyl groups excluding tert-OH is 2. The van der Waals surface area contributed by atoms with Crippen LogP contribution in [-0.4, -0.2) is 57.2 Å². The lowest BCUT2D eigenvalue weighted by Gasteiger charge is -2.39. The number of benzene rings is 4. The molecule has 4 aromatic carbocycles. The molecule has 12 heteroatoms. The van der Waals surface area contributed by atoms with Gasteiger partial charge >= 0.3 is 0 Å². The smallest absolute Gasteiger partial charge is 0.157 e. The summed E-state index contributed by atoms with van der Waals surface area (Å²) in [6.45, 7) is -0.263. The van der Waals surface area contributed by atoms with Crippen LogP contribution in [0.1, 0.15) is 57.6 Å². The fourth-order valence-electron chi connectivity index (χ4n) is 5.74. The second-order valence-electron chi connectivity index (χ2n) is 10.3. The summed E-state index contributed by atoms with van der Waals surface area (Å²) in [7, 11) is 0. The lowest BCUT2D eigenvalue weighted by atomic mass is 9.77. The van der Waals surface area contributed by atoms with Gasteiger partial charge in [0.1, 0.15) is 47.1 Å². The third-order valence-electron chi connectivity index (χ3n) is 7.76. The number of aromatic hydroxyl groups is 8. The molecule has 10 N–H and O–H groups in total. The van der Waals surface area contributed by atoms with Gasteiger partial charge in [0.25, 0.3) is 0 Å². The molecule has 0 radical (unpaired) electrons. The van der Waals surface area contributed by atoms with E-state index in [-0.39, 0.29) is 51.7 Å². The van der Waals surface area contributed by atoms with Crippen molar-refractivity contribution in [1.29, 1.82) is 0 Å². The molecule has 0 bridgehead atoms. The number of ether oxygens (including phenoxy) is 2. The van der Waals surface area contributed by atoms with Crippen molar-refractivity contribution in [3.8, 4) is 51.7 Å². The molecule has 0 saturated heterocycles. The van der Waals surface area contributed by atoms with Gasteiger partial charge < -0.3 is 60.5 Å². The van der Waals surface area contributed by atoms with Gasteiger partial charge in [0.2, 0.25) is 0 Å². The molecule has 0 aliphatic carbocycles. The van der Waals surface area contributed by atoms with E-state index < -0.39 is 64.8 Å². The van der Waals surface area contributed by atoms with Crippen molar-refractivity contribution in [2.45, 2.75) is 36.9 Å². The molecule has 42 heavy (non-hydrogen) atoms. The van der Waals surface area contributed by atoms with Crippen molar-refractivity contribution >= 4 is 0 Å². The third-order valence-corrected chi connectivity index (χ3v) is 7.76. The van der Waals surface area contributed by atoms with E-state index in [4.69, 9.17) is 9.47 Å². The Kier molecular flexibility index (Phi) is 6.34. The number of phenolic OH excluding ortho intramolecular Hbond substituents is 8. The number of phenols is 8. The summed E-state index contributed by atoms with van der Waals surface area (Å²) in [6.07, 6.45) is -5.32. The summed E-state index contributed by atoms with van der Waals surface area (Å²) in [5.41, 5.74) is 0.439. The van der Waals surface area contributed by atoms with Gasteiger partial charge in [-0.05, 0) is 47.0 Å². The lowest BCUT2D eigenvalue weighted by molar-refractivity contribution is -0.0666. The van der Waals surface area contributed by atoms with Crippen LogP contribution in [0, 0.1) is 0 Å². The highest BCUT2D eigenvalue weighted by Crippen LogP contribution is 2.56. The summed E-state index contributed by atoms with van der Waals surface area (Å²) < 4.78 is 11.7. The lowest BCUT2D eigenvalue weighted by Crippen LogP contribution is -2.35. The van der Waals surface area contributed by atoms with Gasteiger partial charge in [0.05, 0.1) is 12.5 Å². The highest BCUT2D eigenvalue weighted by atomic mass is 16.5. The quantitative estimate of drug-likeness (QED) is 0.158. The van der Waals surface area contributed by atoms with Crippen LogP contribution in [0.2, 0.25) is 0 Å². The zero-order valence-corrected chi connectivity index (χ0v) is 21.6. The van der Waals surface area contributed by atoms with Crippen LogP contribution in [0.4, 0.5) is 0 Å². The molecule has 5 atom stereocenters. The maximum atomic E-state index is 11.6. The Morgan fingerprint density at radius 2 is 1.19 bits per heavy atom. The first-order valence-electron chi connectivity index (χ1n) is 12.8. The molecular weight excluding hydrogens is 552 g/mol. The number of rotatable bonds is 3. The third kappa shape index (κ3) is 4.20. The first kappa shape index (κ1) is 27.1. The monoisotopic (exact) mass is 578 g/mol. The predicted octanol–water partition coefficient (Wildman–Crippen LogP) is 3.26. The molecule has 12 nitrogen and oxygen atoms in total. The molecule has 0 aromatic heterocycles. The van der Waals surface area contributed by atoms with Crippen molar-refractivity contribution < 1.29 is 60.5 Å². The van der Waals surface area contributed by atoms with Gasteiger partial charge in [-0.1, -0.05) is 12.1 Å². The normalized spacial score (nSPS) is 23.0. The topological polar surface area (TPSA) is 221 Å². The Bertz CT molecular complexity index is 1720. The molecule has 2 aliphatic rings. The minimum Gasteiger partial charge on any atom is -0.508 e. The van der Waals surface area contributed by atoms with Gasteiger partial charge in [-0.2, -0.15) is 0 Å². The zero-order valence-electron chi connectivity index (χ0n) is 21.6. The van der Waals surface area contributed by atoms with Gasteiger partial charge in [0, 0.05) is 28.8 Å². The second-order valence-corrected chi connectivity index (χ2v) is 10.3. The molecule has 1 unspecified atom stereocenters. The van der Waals surface area contributed by atoms with E-state index in [1.54, 1.807) is 0 Å². The van der Waals surface area contributed by atoms with E-state index in [0.29, 0.717) is 5.56 Å². The van der Waals surface area contributed by atoms with Crippen LogP contribution < -0.4 is 4.74 Å². The average Bonchev–Trinajstić information content (AvgIpc) is 2.93. The molecule has 0 amide bonds. The highest BCUT2D eigenvalue weighted by Gasteiger charge is 2.45. The number of aliphatic hydroxyl groups is 2. The average molecular weight is 579 g/mol. The Hall–Kier alpha value is -5.04. The Balaban J connectivity index is 1.48. The Morgan fingerprint density at radius 1 is 0.595 bits per heavy atom. The molecule has 4 aromatic rings. The first-order valence-corrected chi connectivity index (χ1v) is 12.8. The van der Waals surface area contributed by atoms with Gasteiger partial charge in [-0.3, -0.25) is 0 Å². The fourth-order valence-corrected chi connectivity index (χ4v) is 5.74. The van der Waals surface area contributed by atoms with Gasteiger partial charge in [-0.25, -0.2) is 0 Å². The molecule has 2 aliphatic heterocycles. The number of hydrogen-bond donors (Lipinski definition) is 10. The van der Waals surface area contributed by atoms with Crippen molar-refractivity contribution in [2.75, 3.05) is 0 Å². The van der Waals surface area contributed by atoms with E-state index in [0.717, 1.165) is 12.1 Å². The number of fused-ring (bicyclic) bond motifs is 2. The van der Waals surface area contributed by atoms with Crippen LogP contribution in [0.25, 0.3) is 0 Å². The summed E-state index contributed by atoms with van der Waals surface area (Å²) >= 11 is 0. The van der Waals surface area contributed by atoms with E-state index in [9.17, 15) is 51.1 Å². The van der Waals surface area contributed by atoms with Crippen LogP contribution in [0.15, 0.2) is 54.6 Å². The second kappa shape index (κ2) is 9.80. The van der Waals surface area contributed by atoms with Crippen molar-refractivity contribution in [1.82, 2.24) is 0 Å². The van der Waals surface area contributed by atoms with E-state index in [1.165, 1.54) is 42.5 Å². The van der Waals surface area contributed by atoms with Crippen LogP contribution in [-0.2, 0) is 11.3 Å². The van der Waals surface area contributed by atoms with E-state index in [2.05, 4.69) is 0 Å². The molecule has 0 spiro atoms. The summed E-state index contributed by atoms with van der Waals surface area (Å²) in [5, 5.41) is 106. The van der Waals surface area contributed by atoms with E-state index in [1.807, 2.05) is 0 Å². The molecule has 218 valence electrons. The fraction of sp³-hybridized carbons (Fsp3) is 0.200. The van der Waals surface area contributed by atoms with Gasteiger partial charge in [0.15, 0.2) is 29.1 Å². The summed E-state index contributed by atoms with van der Waals surface area (Å²) in [4.78, 5) is 0. The van der Waals surface area contributed by atoms with Crippen molar-refractivity contribution in [2.24, 2.45) is 0 Å². The largest absolute Gasteiger partial charge is 0.508 e. The molecule has 2 heterocycles. The Morgan fingerprint density at radius 3 is 1.81 bits per heavy atom. The molecule has 6 rings (SSSR count). The van der Waals surface area contributed by atoms with Crippen LogP contribution in [0.3, 0.4) is 0 Å². The predicted molar refractivity (Wildman–Crippen MR) is 143 cm³/mol. The minimum absolute atomic E-state index is 0.0557. The highest BCUT2D eigenvalue weighted by molar-refractivity contribution is 5.64. The maximum absolute atomic E-state index is 11.6. The standard InChI is InChI=1S/C30H26O12/c31-13-7-20(36)23-22(8-13)42-30(12-2-4-17(33)19(35)6-12)28(40)25(23)24-21(37)9-14-15(26(24)38)10-41-29(27(14)39)11-1-3-16(32)18(34)5-11/h1-9,25,27-40H,10H2/t25-,27+,28?,29-,30-/m1/s1. The first-order chi connectivity index (χ1) is 20.0. The summed E-state index contributed by atoms with van der Waals surface area (Å²) in [6, 6.07) is 11.0. The van der Waals surface area contributed by atoms with Gasteiger partial charge in [-0.15, -0.1) is 0 Å². The van der Waals surface area contributed by atoms with Crippen molar-refractivity contribution in [3.63, 3.8) is 0 Å². The minimum atomic E-state index is -1.60. The van der Waals surface area contributed by atoms with Crippen LogP contribution in [0.5, 0.6) is 51.7 Å². The zero-order chi connectivity index (χ0) is 30.0. The van der Waals surface area contributed by atoms with Crippen LogP contribution >= 0.6 is 0 Å². The summed E-state index contributed by atoms with van der Waals surface area (Å²) in [5.74, 6) is -5.08. The Labute approximate surface area is 237 Å².